The molecule has 0 unspecified atom stereocenters. The van der Waals surface area contributed by atoms with Gasteiger partial charge >= 0.3 is 5.97 Å². The number of carbonyl (C=O) groups excluding carboxylic acids is 1. The topological polar surface area (TPSA) is 58.6 Å². The third kappa shape index (κ3) is 3.18. The molecule has 0 radical (unpaired) electrons. The van der Waals surface area contributed by atoms with E-state index in [1.54, 1.807) is 6.92 Å². The quantitative estimate of drug-likeness (QED) is 0.843. The van der Waals surface area contributed by atoms with Crippen LogP contribution in [0.5, 0.6) is 0 Å². The molecule has 4 heteroatoms. The Hall–Kier alpha value is -1.39. The molecule has 1 aliphatic heterocycles. The molecule has 1 aromatic carbocycles. The summed E-state index contributed by atoms with van der Waals surface area (Å²) in [5.74, 6) is -0.478. The Kier molecular flexibility index (Phi) is 4.93. The van der Waals surface area contributed by atoms with Crippen LogP contribution >= 0.6 is 0 Å². The lowest BCUT2D eigenvalue weighted by Gasteiger charge is -2.33. The van der Waals surface area contributed by atoms with E-state index in [1.165, 1.54) is 0 Å². The molecule has 122 valence electrons. The van der Waals surface area contributed by atoms with Gasteiger partial charge in [0.25, 0.3) is 0 Å². The van der Waals surface area contributed by atoms with E-state index >= 15 is 0 Å². The van der Waals surface area contributed by atoms with Gasteiger partial charge < -0.3 is 9.84 Å². The summed E-state index contributed by atoms with van der Waals surface area (Å²) in [6, 6.07) is 7.22. The third-order valence-electron chi connectivity index (χ3n) is 4.49. The van der Waals surface area contributed by atoms with Crippen molar-refractivity contribution in [3.05, 3.63) is 35.4 Å². The van der Waals surface area contributed by atoms with E-state index in [-0.39, 0.29) is 23.3 Å². The van der Waals surface area contributed by atoms with Crippen LogP contribution in [0.3, 0.4) is 0 Å². The molecule has 0 amide bonds. The SMILES string of the molecule is CCOC(=O)[C@H]1N[C@@H](c2ccccc2C)[C@@H](O)[C@H]1C(C)(C)C. The van der Waals surface area contributed by atoms with Crippen molar-refractivity contribution in [1.82, 2.24) is 5.32 Å². The molecule has 1 heterocycles. The van der Waals surface area contributed by atoms with E-state index in [4.69, 9.17) is 4.74 Å². The highest BCUT2D eigenvalue weighted by Gasteiger charge is 2.51. The van der Waals surface area contributed by atoms with E-state index in [0.29, 0.717) is 6.61 Å². The standard InChI is InChI=1S/C18H27NO3/c1-6-22-17(21)15-13(18(3,4)5)16(20)14(19-15)12-10-8-7-9-11(12)2/h7-10,13-16,19-20H,6H2,1-5H3/t13-,14-,15-,16-/m0/s1. The Morgan fingerprint density at radius 2 is 1.95 bits per heavy atom. The number of aliphatic hydroxyl groups is 1. The van der Waals surface area contributed by atoms with Crippen molar-refractivity contribution in [3.8, 4) is 0 Å². The van der Waals surface area contributed by atoms with E-state index < -0.39 is 12.1 Å². The Morgan fingerprint density at radius 3 is 2.50 bits per heavy atom. The number of carbonyl (C=O) groups is 1. The van der Waals surface area contributed by atoms with Crippen molar-refractivity contribution in [3.63, 3.8) is 0 Å². The van der Waals surface area contributed by atoms with E-state index in [2.05, 4.69) is 26.1 Å². The number of hydrogen-bond acceptors (Lipinski definition) is 4. The van der Waals surface area contributed by atoms with Crippen LogP contribution in [0.25, 0.3) is 0 Å². The molecule has 0 aromatic heterocycles. The minimum absolute atomic E-state index is 0.198. The van der Waals surface area contributed by atoms with E-state index in [1.807, 2.05) is 31.2 Å². The van der Waals surface area contributed by atoms with Crippen molar-refractivity contribution in [1.29, 1.82) is 0 Å². The molecular weight excluding hydrogens is 278 g/mol. The number of aryl methyl sites for hydroxylation is 1. The zero-order valence-corrected chi connectivity index (χ0v) is 14.1. The van der Waals surface area contributed by atoms with Gasteiger partial charge in [0.1, 0.15) is 6.04 Å². The second-order valence-corrected chi connectivity index (χ2v) is 7.11. The number of esters is 1. The maximum Gasteiger partial charge on any atom is 0.323 e. The lowest BCUT2D eigenvalue weighted by Crippen LogP contribution is -2.43. The van der Waals surface area contributed by atoms with Gasteiger partial charge in [-0.3, -0.25) is 10.1 Å². The lowest BCUT2D eigenvalue weighted by molar-refractivity contribution is -0.148. The van der Waals surface area contributed by atoms with Gasteiger partial charge in [-0.25, -0.2) is 0 Å². The molecule has 1 aromatic rings. The van der Waals surface area contributed by atoms with Gasteiger partial charge in [0.05, 0.1) is 18.8 Å². The molecule has 1 aliphatic rings. The second kappa shape index (κ2) is 6.39. The van der Waals surface area contributed by atoms with Gasteiger partial charge in [0, 0.05) is 5.92 Å². The fourth-order valence-corrected chi connectivity index (χ4v) is 3.47. The van der Waals surface area contributed by atoms with Crippen molar-refractivity contribution >= 4 is 5.97 Å². The minimum Gasteiger partial charge on any atom is -0.465 e. The number of aliphatic hydroxyl groups excluding tert-OH is 1. The van der Waals surface area contributed by atoms with Crippen LogP contribution in [0.4, 0.5) is 0 Å². The Labute approximate surface area is 132 Å². The van der Waals surface area contributed by atoms with Gasteiger partial charge in [-0.1, -0.05) is 45.0 Å². The third-order valence-corrected chi connectivity index (χ3v) is 4.49. The van der Waals surface area contributed by atoms with Crippen LogP contribution in [0.1, 0.15) is 44.9 Å². The molecule has 2 N–H and O–H groups in total. The highest BCUT2D eigenvalue weighted by Crippen LogP contribution is 2.42. The van der Waals surface area contributed by atoms with Crippen LogP contribution in [0, 0.1) is 18.3 Å². The molecule has 0 spiro atoms. The molecule has 2 rings (SSSR count). The summed E-state index contributed by atoms with van der Waals surface area (Å²) >= 11 is 0. The van der Waals surface area contributed by atoms with Crippen molar-refractivity contribution < 1.29 is 14.6 Å². The van der Waals surface area contributed by atoms with Gasteiger partial charge in [0.15, 0.2) is 0 Å². The summed E-state index contributed by atoms with van der Waals surface area (Å²) in [5, 5.41) is 14.2. The fourth-order valence-electron chi connectivity index (χ4n) is 3.47. The van der Waals surface area contributed by atoms with Gasteiger partial charge in [-0.15, -0.1) is 0 Å². The van der Waals surface area contributed by atoms with Crippen LogP contribution in [-0.4, -0.2) is 29.8 Å². The molecule has 0 saturated carbocycles. The maximum absolute atomic E-state index is 12.3. The predicted molar refractivity (Wildman–Crippen MR) is 86.4 cm³/mol. The second-order valence-electron chi connectivity index (χ2n) is 7.11. The first-order valence-electron chi connectivity index (χ1n) is 7.93. The van der Waals surface area contributed by atoms with Crippen molar-refractivity contribution in [2.75, 3.05) is 6.61 Å². The monoisotopic (exact) mass is 305 g/mol. The first-order valence-corrected chi connectivity index (χ1v) is 7.93. The van der Waals surface area contributed by atoms with Crippen LogP contribution in [0.15, 0.2) is 24.3 Å². The summed E-state index contributed by atoms with van der Waals surface area (Å²) in [4.78, 5) is 12.3. The van der Waals surface area contributed by atoms with Gasteiger partial charge in [-0.2, -0.15) is 0 Å². The molecule has 4 nitrogen and oxygen atoms in total. The first-order chi connectivity index (χ1) is 10.3. The van der Waals surface area contributed by atoms with Crippen LogP contribution < -0.4 is 5.32 Å². The normalized spacial score (nSPS) is 28.6. The van der Waals surface area contributed by atoms with Crippen LogP contribution in [0.2, 0.25) is 0 Å². The maximum atomic E-state index is 12.3. The summed E-state index contributed by atoms with van der Waals surface area (Å²) < 4.78 is 5.20. The Bertz CT molecular complexity index is 535. The molecule has 0 bridgehead atoms. The summed E-state index contributed by atoms with van der Waals surface area (Å²) in [7, 11) is 0. The van der Waals surface area contributed by atoms with E-state index in [9.17, 15) is 9.90 Å². The average Bonchev–Trinajstić information content (AvgIpc) is 2.77. The Balaban J connectivity index is 2.36. The number of rotatable bonds is 3. The zero-order chi connectivity index (χ0) is 16.5. The van der Waals surface area contributed by atoms with Crippen molar-refractivity contribution in [2.45, 2.75) is 52.8 Å². The predicted octanol–water partition coefficient (Wildman–Crippen LogP) is 2.59. The Morgan fingerprint density at radius 1 is 1.32 bits per heavy atom. The number of benzene rings is 1. The molecule has 1 saturated heterocycles. The molecule has 22 heavy (non-hydrogen) atoms. The number of nitrogens with one attached hydrogen (secondary N) is 1. The minimum atomic E-state index is -0.629. The molecular formula is C18H27NO3. The van der Waals surface area contributed by atoms with Crippen molar-refractivity contribution in [2.24, 2.45) is 11.3 Å². The van der Waals surface area contributed by atoms with Gasteiger partial charge in [0.2, 0.25) is 0 Å². The largest absolute Gasteiger partial charge is 0.465 e. The zero-order valence-electron chi connectivity index (χ0n) is 14.1. The highest BCUT2D eigenvalue weighted by atomic mass is 16.5. The molecule has 1 fully saturated rings. The summed E-state index contributed by atoms with van der Waals surface area (Å²) in [6.07, 6.45) is -0.629. The summed E-state index contributed by atoms with van der Waals surface area (Å²) in [5.41, 5.74) is 1.94. The first kappa shape index (κ1) is 17.0. The average molecular weight is 305 g/mol. The number of ether oxygens (including phenoxy) is 1. The van der Waals surface area contributed by atoms with Gasteiger partial charge in [-0.05, 0) is 30.4 Å². The molecule has 4 atom stereocenters. The van der Waals surface area contributed by atoms with Crippen LogP contribution in [-0.2, 0) is 9.53 Å². The summed E-state index contributed by atoms with van der Waals surface area (Å²) in [6.45, 7) is 10.3. The highest BCUT2D eigenvalue weighted by molar-refractivity contribution is 5.77. The smallest absolute Gasteiger partial charge is 0.323 e. The number of hydrogen-bond donors (Lipinski definition) is 2. The molecule has 0 aliphatic carbocycles. The fraction of sp³-hybridized carbons (Fsp3) is 0.611. The van der Waals surface area contributed by atoms with E-state index in [0.717, 1.165) is 11.1 Å². The lowest BCUT2D eigenvalue weighted by atomic mass is 9.73.